The van der Waals surface area contributed by atoms with E-state index in [0.717, 1.165) is 0 Å². The Labute approximate surface area is 115 Å². The molecule has 1 rings (SSSR count). The number of aliphatic hydroxyl groups excluding tert-OH is 1. The molecule has 8 heteroatoms. The third-order valence-electron chi connectivity index (χ3n) is 2.44. The van der Waals surface area contributed by atoms with Crippen LogP contribution in [0.1, 0.15) is 18.6 Å². The van der Waals surface area contributed by atoms with E-state index in [4.69, 9.17) is 14.2 Å². The summed E-state index contributed by atoms with van der Waals surface area (Å²) < 4.78 is 15.1. The largest absolute Gasteiger partial charge is 0.493 e. The van der Waals surface area contributed by atoms with Crippen molar-refractivity contribution < 1.29 is 29.0 Å². The van der Waals surface area contributed by atoms with Gasteiger partial charge in [-0.05, 0) is 17.7 Å². The summed E-state index contributed by atoms with van der Waals surface area (Å²) >= 11 is 0. The minimum atomic E-state index is -1.32. The van der Waals surface area contributed by atoms with E-state index in [1.807, 2.05) is 0 Å². The maximum Gasteiger partial charge on any atom is 0.308 e. The highest BCUT2D eigenvalue weighted by atomic mass is 16.6. The zero-order chi connectivity index (χ0) is 15.3. The lowest BCUT2D eigenvalue weighted by Gasteiger charge is -2.15. The van der Waals surface area contributed by atoms with Gasteiger partial charge in [0.2, 0.25) is 12.3 Å². The number of ether oxygens (including phenoxy) is 3. The van der Waals surface area contributed by atoms with E-state index in [2.05, 4.69) is 0 Å². The van der Waals surface area contributed by atoms with E-state index >= 15 is 0 Å². The number of carbonyl (C=O) groups is 1. The van der Waals surface area contributed by atoms with E-state index in [1.54, 1.807) is 0 Å². The Morgan fingerprint density at radius 1 is 1.35 bits per heavy atom. The van der Waals surface area contributed by atoms with Gasteiger partial charge in [-0.3, -0.25) is 14.9 Å². The van der Waals surface area contributed by atoms with Gasteiger partial charge >= 0.3 is 5.97 Å². The fourth-order valence-corrected chi connectivity index (χ4v) is 1.58. The molecular weight excluding hydrogens is 270 g/mol. The monoisotopic (exact) mass is 285 g/mol. The maximum absolute atomic E-state index is 11.0. The Morgan fingerprint density at radius 3 is 2.20 bits per heavy atom. The number of benzene rings is 1. The molecule has 0 bridgehead atoms. The summed E-state index contributed by atoms with van der Waals surface area (Å²) in [5.74, 6) is -0.242. The van der Waals surface area contributed by atoms with E-state index in [1.165, 1.54) is 33.3 Å². The van der Waals surface area contributed by atoms with Crippen molar-refractivity contribution in [2.75, 3.05) is 20.8 Å². The number of hydrogen-bond donors (Lipinski definition) is 1. The molecule has 1 aromatic carbocycles. The smallest absolute Gasteiger partial charge is 0.308 e. The van der Waals surface area contributed by atoms with Crippen LogP contribution in [-0.2, 0) is 4.79 Å². The van der Waals surface area contributed by atoms with Gasteiger partial charge in [-0.25, -0.2) is 0 Å². The van der Waals surface area contributed by atoms with Crippen LogP contribution < -0.4 is 14.2 Å². The number of rotatable bonds is 6. The standard InChI is InChI=1S/C12H15NO7/c1-7(14)20-12-10(18-2)4-8(5-11(12)19-3)9(15)6-13(16)17/h4-5,9,15H,6H2,1-3H3. The molecule has 0 aliphatic rings. The topological polar surface area (TPSA) is 108 Å². The number of esters is 1. The molecule has 0 aliphatic carbocycles. The van der Waals surface area contributed by atoms with Crippen molar-refractivity contribution in [3.63, 3.8) is 0 Å². The van der Waals surface area contributed by atoms with Gasteiger partial charge in [0.1, 0.15) is 6.10 Å². The molecule has 20 heavy (non-hydrogen) atoms. The molecule has 1 aromatic rings. The summed E-state index contributed by atoms with van der Waals surface area (Å²) in [7, 11) is 2.68. The lowest BCUT2D eigenvalue weighted by atomic mass is 10.1. The van der Waals surface area contributed by atoms with Crippen LogP contribution in [0, 0.1) is 10.1 Å². The van der Waals surface area contributed by atoms with Gasteiger partial charge in [0.15, 0.2) is 11.5 Å². The molecule has 0 spiro atoms. The highest BCUT2D eigenvalue weighted by molar-refractivity contribution is 5.72. The van der Waals surface area contributed by atoms with Crippen LogP contribution in [-0.4, -0.2) is 36.8 Å². The van der Waals surface area contributed by atoms with Crippen LogP contribution in [0.2, 0.25) is 0 Å². The summed E-state index contributed by atoms with van der Waals surface area (Å²) in [6, 6.07) is 2.71. The Morgan fingerprint density at radius 2 is 1.85 bits per heavy atom. The van der Waals surface area contributed by atoms with E-state index in [-0.39, 0.29) is 22.8 Å². The molecule has 0 aromatic heterocycles. The first-order valence-electron chi connectivity index (χ1n) is 5.63. The lowest BCUT2D eigenvalue weighted by Crippen LogP contribution is -2.13. The summed E-state index contributed by atoms with van der Waals surface area (Å²) in [6.45, 7) is 0.563. The quantitative estimate of drug-likeness (QED) is 0.358. The maximum atomic E-state index is 11.0. The first-order valence-corrected chi connectivity index (χ1v) is 5.63. The van der Waals surface area contributed by atoms with Gasteiger partial charge in [0.05, 0.1) is 14.2 Å². The summed E-state index contributed by atoms with van der Waals surface area (Å²) in [5.41, 5.74) is 0.228. The fourth-order valence-electron chi connectivity index (χ4n) is 1.58. The van der Waals surface area contributed by atoms with E-state index < -0.39 is 23.5 Å². The van der Waals surface area contributed by atoms with Gasteiger partial charge < -0.3 is 19.3 Å². The average Bonchev–Trinajstić information content (AvgIpc) is 2.37. The number of hydrogen-bond acceptors (Lipinski definition) is 7. The second-order valence-electron chi connectivity index (χ2n) is 3.88. The molecule has 110 valence electrons. The van der Waals surface area contributed by atoms with Crippen molar-refractivity contribution in [3.8, 4) is 17.2 Å². The Bertz CT molecular complexity index is 490. The van der Waals surface area contributed by atoms with Gasteiger partial charge in [-0.2, -0.15) is 0 Å². The number of carbonyl (C=O) groups excluding carboxylic acids is 1. The molecule has 1 atom stereocenters. The van der Waals surface area contributed by atoms with Crippen LogP contribution in [0.4, 0.5) is 0 Å². The molecular formula is C12H15NO7. The van der Waals surface area contributed by atoms with Gasteiger partial charge in [0, 0.05) is 11.8 Å². The summed E-state index contributed by atoms with van der Waals surface area (Å²) in [6.07, 6.45) is -1.32. The molecule has 0 aliphatic heterocycles. The first kappa shape index (κ1) is 15.7. The molecule has 0 saturated heterocycles. The minimum Gasteiger partial charge on any atom is -0.493 e. The second-order valence-corrected chi connectivity index (χ2v) is 3.88. The fraction of sp³-hybridized carbons (Fsp3) is 0.417. The van der Waals surface area contributed by atoms with Gasteiger partial charge in [-0.15, -0.1) is 0 Å². The highest BCUT2D eigenvalue weighted by Crippen LogP contribution is 2.40. The molecule has 8 nitrogen and oxygen atoms in total. The number of nitro groups is 1. The summed E-state index contributed by atoms with van der Waals surface area (Å²) in [4.78, 5) is 20.8. The molecule has 1 unspecified atom stereocenters. The zero-order valence-corrected chi connectivity index (χ0v) is 11.3. The van der Waals surface area contributed by atoms with Crippen LogP contribution in [0.15, 0.2) is 12.1 Å². The van der Waals surface area contributed by atoms with Crippen molar-refractivity contribution in [2.24, 2.45) is 0 Å². The van der Waals surface area contributed by atoms with Crippen molar-refractivity contribution in [1.29, 1.82) is 0 Å². The first-order chi connectivity index (χ1) is 9.38. The zero-order valence-electron chi connectivity index (χ0n) is 11.3. The molecule has 0 fully saturated rings. The van der Waals surface area contributed by atoms with Gasteiger partial charge in [-0.1, -0.05) is 0 Å². The Balaban J connectivity index is 3.24. The molecule has 1 N–H and O–H groups in total. The molecule has 0 amide bonds. The normalized spacial score (nSPS) is 11.6. The Hall–Kier alpha value is -2.35. The van der Waals surface area contributed by atoms with Crippen molar-refractivity contribution in [3.05, 3.63) is 27.8 Å². The average molecular weight is 285 g/mol. The predicted octanol–water partition coefficient (Wildman–Crippen LogP) is 0.939. The van der Waals surface area contributed by atoms with Crippen molar-refractivity contribution in [2.45, 2.75) is 13.0 Å². The van der Waals surface area contributed by atoms with E-state index in [9.17, 15) is 20.0 Å². The van der Waals surface area contributed by atoms with Crippen molar-refractivity contribution >= 4 is 5.97 Å². The third kappa shape index (κ3) is 3.82. The highest BCUT2D eigenvalue weighted by Gasteiger charge is 2.21. The summed E-state index contributed by atoms with van der Waals surface area (Å²) in [5, 5.41) is 20.2. The second kappa shape index (κ2) is 6.71. The molecule has 0 radical (unpaired) electrons. The number of aliphatic hydroxyl groups is 1. The number of nitrogens with zero attached hydrogens (tertiary/aromatic N) is 1. The molecule has 0 saturated carbocycles. The van der Waals surface area contributed by atoms with Crippen LogP contribution in [0.25, 0.3) is 0 Å². The van der Waals surface area contributed by atoms with Gasteiger partial charge in [0.25, 0.3) is 0 Å². The van der Waals surface area contributed by atoms with Crippen LogP contribution in [0.3, 0.4) is 0 Å². The third-order valence-corrected chi connectivity index (χ3v) is 2.44. The predicted molar refractivity (Wildman–Crippen MR) is 67.7 cm³/mol. The van der Waals surface area contributed by atoms with E-state index in [0.29, 0.717) is 0 Å². The number of methoxy groups -OCH3 is 2. The van der Waals surface area contributed by atoms with Crippen LogP contribution >= 0.6 is 0 Å². The Kier molecular flexibility index (Phi) is 5.27. The molecule has 0 heterocycles. The minimum absolute atomic E-state index is 0.0551. The van der Waals surface area contributed by atoms with Crippen LogP contribution in [0.5, 0.6) is 17.2 Å². The van der Waals surface area contributed by atoms with Crippen molar-refractivity contribution in [1.82, 2.24) is 0 Å². The lowest BCUT2D eigenvalue weighted by molar-refractivity contribution is -0.491. The SMILES string of the molecule is COc1cc(C(O)C[N+](=O)[O-])cc(OC)c1OC(C)=O.